The van der Waals surface area contributed by atoms with Crippen LogP contribution in [0.5, 0.6) is 0 Å². The van der Waals surface area contributed by atoms with Gasteiger partial charge in [-0.2, -0.15) is 0 Å². The van der Waals surface area contributed by atoms with Crippen LogP contribution in [0.3, 0.4) is 0 Å². The van der Waals surface area contributed by atoms with Crippen LogP contribution < -0.4 is 5.32 Å². The zero-order chi connectivity index (χ0) is 12.5. The van der Waals surface area contributed by atoms with Crippen LogP contribution >= 0.6 is 0 Å². The van der Waals surface area contributed by atoms with E-state index in [9.17, 15) is 4.79 Å². The van der Waals surface area contributed by atoms with Gasteiger partial charge in [0.15, 0.2) is 0 Å². The summed E-state index contributed by atoms with van der Waals surface area (Å²) in [6.45, 7) is 3.53. The van der Waals surface area contributed by atoms with Gasteiger partial charge in [-0.1, -0.05) is 6.07 Å². The fourth-order valence-corrected chi connectivity index (χ4v) is 3.08. The van der Waals surface area contributed by atoms with Gasteiger partial charge in [-0.3, -0.25) is 0 Å². The van der Waals surface area contributed by atoms with Gasteiger partial charge < -0.3 is 15.3 Å². The first-order chi connectivity index (χ1) is 8.72. The zero-order valence-electron chi connectivity index (χ0n) is 10.3. The minimum atomic E-state index is -0.868. The molecule has 2 N–H and O–H groups in total. The number of nitrogens with one attached hydrogen (secondary N) is 1. The predicted octanol–water partition coefficient (Wildman–Crippen LogP) is 1.89. The number of anilines is 1. The second-order valence-corrected chi connectivity index (χ2v) is 5.27. The van der Waals surface area contributed by atoms with Crippen molar-refractivity contribution < 1.29 is 9.90 Å². The summed E-state index contributed by atoms with van der Waals surface area (Å²) in [7, 11) is 0. The molecule has 3 heterocycles. The number of hydrogen-bond acceptors (Lipinski definition) is 3. The molecule has 4 rings (SSSR count). The Kier molecular flexibility index (Phi) is 2.96. The number of carbonyl (C=O) groups is 1. The van der Waals surface area contributed by atoms with E-state index < -0.39 is 5.97 Å². The van der Waals surface area contributed by atoms with Crippen LogP contribution in [-0.2, 0) is 0 Å². The number of benzene rings is 1. The molecule has 3 saturated heterocycles. The Labute approximate surface area is 107 Å². The summed E-state index contributed by atoms with van der Waals surface area (Å²) in [4.78, 5) is 13.4. The van der Waals surface area contributed by atoms with Gasteiger partial charge in [0, 0.05) is 18.3 Å². The van der Waals surface area contributed by atoms with Crippen molar-refractivity contribution in [2.24, 2.45) is 5.92 Å². The Bertz CT molecular complexity index is 453. The van der Waals surface area contributed by atoms with E-state index in [-0.39, 0.29) is 0 Å². The average Bonchev–Trinajstić information content (AvgIpc) is 2.40. The largest absolute Gasteiger partial charge is 0.478 e. The van der Waals surface area contributed by atoms with E-state index in [1.165, 1.54) is 25.9 Å². The SMILES string of the molecule is O=C(O)c1cccc(NC2CN3CCC2CC3)c1. The van der Waals surface area contributed by atoms with Crippen molar-refractivity contribution in [1.29, 1.82) is 0 Å². The van der Waals surface area contributed by atoms with Gasteiger partial charge in [0.05, 0.1) is 5.56 Å². The van der Waals surface area contributed by atoms with Crippen molar-refractivity contribution in [3.8, 4) is 0 Å². The molecule has 0 radical (unpaired) electrons. The summed E-state index contributed by atoms with van der Waals surface area (Å²) in [5, 5.41) is 12.5. The summed E-state index contributed by atoms with van der Waals surface area (Å²) < 4.78 is 0. The monoisotopic (exact) mass is 246 g/mol. The maximum absolute atomic E-state index is 10.9. The van der Waals surface area contributed by atoms with E-state index in [2.05, 4.69) is 10.2 Å². The maximum atomic E-state index is 10.9. The summed E-state index contributed by atoms with van der Waals surface area (Å²) in [5.41, 5.74) is 1.27. The van der Waals surface area contributed by atoms with Crippen LogP contribution in [0.4, 0.5) is 5.69 Å². The first kappa shape index (κ1) is 11.5. The molecule has 96 valence electrons. The number of aromatic carboxylic acids is 1. The molecule has 18 heavy (non-hydrogen) atoms. The van der Waals surface area contributed by atoms with Gasteiger partial charge >= 0.3 is 5.97 Å². The molecule has 4 nitrogen and oxygen atoms in total. The van der Waals surface area contributed by atoms with Crippen molar-refractivity contribution in [3.63, 3.8) is 0 Å². The molecule has 0 amide bonds. The number of nitrogens with zero attached hydrogens (tertiary/aromatic N) is 1. The van der Waals surface area contributed by atoms with Crippen molar-refractivity contribution >= 4 is 11.7 Å². The third-order valence-electron chi connectivity index (χ3n) is 4.12. The molecule has 1 unspecified atom stereocenters. The van der Waals surface area contributed by atoms with Gasteiger partial charge in [-0.25, -0.2) is 4.79 Å². The van der Waals surface area contributed by atoms with Crippen molar-refractivity contribution in [2.75, 3.05) is 25.0 Å². The molecule has 0 aromatic heterocycles. The summed E-state index contributed by atoms with van der Waals surface area (Å²) in [6, 6.07) is 7.57. The molecule has 4 heteroatoms. The first-order valence-electron chi connectivity index (χ1n) is 6.54. The minimum absolute atomic E-state index is 0.348. The van der Waals surface area contributed by atoms with Crippen molar-refractivity contribution in [2.45, 2.75) is 18.9 Å². The second kappa shape index (κ2) is 4.61. The third-order valence-corrected chi connectivity index (χ3v) is 4.12. The third kappa shape index (κ3) is 2.20. The van der Waals surface area contributed by atoms with E-state index in [0.717, 1.165) is 18.2 Å². The van der Waals surface area contributed by atoms with Gasteiger partial charge in [0.2, 0.25) is 0 Å². The van der Waals surface area contributed by atoms with Crippen LogP contribution in [0.1, 0.15) is 23.2 Å². The van der Waals surface area contributed by atoms with Gasteiger partial charge in [-0.15, -0.1) is 0 Å². The Morgan fingerprint density at radius 1 is 1.33 bits per heavy atom. The Morgan fingerprint density at radius 2 is 2.11 bits per heavy atom. The lowest BCUT2D eigenvalue weighted by molar-refractivity contribution is 0.0697. The highest BCUT2D eigenvalue weighted by Gasteiger charge is 2.33. The van der Waals surface area contributed by atoms with Crippen LogP contribution in [0.2, 0.25) is 0 Å². The van der Waals surface area contributed by atoms with E-state index in [0.29, 0.717) is 11.6 Å². The number of piperidine rings is 3. The Balaban J connectivity index is 1.72. The molecular weight excluding hydrogens is 228 g/mol. The highest BCUT2D eigenvalue weighted by Crippen LogP contribution is 2.29. The molecule has 0 spiro atoms. The predicted molar refractivity (Wildman–Crippen MR) is 70.0 cm³/mol. The molecule has 3 aliphatic rings. The molecule has 0 saturated carbocycles. The molecular formula is C14H18N2O2. The molecule has 1 aromatic rings. The highest BCUT2D eigenvalue weighted by molar-refractivity contribution is 5.88. The topological polar surface area (TPSA) is 52.6 Å². The quantitative estimate of drug-likeness (QED) is 0.855. The Hall–Kier alpha value is -1.55. The molecule has 2 bridgehead atoms. The lowest BCUT2D eigenvalue weighted by atomic mass is 9.84. The number of rotatable bonds is 3. The van der Waals surface area contributed by atoms with Crippen molar-refractivity contribution in [3.05, 3.63) is 29.8 Å². The Morgan fingerprint density at radius 3 is 2.72 bits per heavy atom. The van der Waals surface area contributed by atoms with Gasteiger partial charge in [0.25, 0.3) is 0 Å². The molecule has 0 aliphatic carbocycles. The lowest BCUT2D eigenvalue weighted by Crippen LogP contribution is -2.53. The number of carboxylic acids is 1. The second-order valence-electron chi connectivity index (χ2n) is 5.27. The number of hydrogen-bond donors (Lipinski definition) is 2. The fourth-order valence-electron chi connectivity index (χ4n) is 3.08. The lowest BCUT2D eigenvalue weighted by Gasteiger charge is -2.45. The van der Waals surface area contributed by atoms with E-state index >= 15 is 0 Å². The smallest absolute Gasteiger partial charge is 0.335 e. The zero-order valence-corrected chi connectivity index (χ0v) is 10.3. The molecule has 3 aliphatic heterocycles. The highest BCUT2D eigenvalue weighted by atomic mass is 16.4. The molecule has 1 atom stereocenters. The first-order valence-corrected chi connectivity index (χ1v) is 6.54. The molecule has 3 fully saturated rings. The van der Waals surface area contributed by atoms with Crippen LogP contribution in [0.25, 0.3) is 0 Å². The summed E-state index contributed by atoms with van der Waals surface area (Å²) >= 11 is 0. The van der Waals surface area contributed by atoms with Gasteiger partial charge in [0.1, 0.15) is 0 Å². The van der Waals surface area contributed by atoms with Crippen LogP contribution in [0.15, 0.2) is 24.3 Å². The van der Waals surface area contributed by atoms with Crippen LogP contribution in [-0.4, -0.2) is 41.7 Å². The standard InChI is InChI=1S/C14H18N2O2/c17-14(18)11-2-1-3-12(8-11)15-13-9-16-6-4-10(13)5-7-16/h1-3,8,10,13,15H,4-7,9H2,(H,17,18). The van der Waals surface area contributed by atoms with E-state index in [4.69, 9.17) is 5.11 Å². The fraction of sp³-hybridized carbons (Fsp3) is 0.500. The van der Waals surface area contributed by atoms with Gasteiger partial charge in [-0.05, 0) is 50.0 Å². The maximum Gasteiger partial charge on any atom is 0.335 e. The van der Waals surface area contributed by atoms with E-state index in [1.807, 2.05) is 6.07 Å². The normalized spacial score (nSPS) is 30.1. The summed E-state index contributed by atoms with van der Waals surface area (Å²) in [5.74, 6) is -0.129. The average molecular weight is 246 g/mol. The van der Waals surface area contributed by atoms with Crippen LogP contribution in [0, 0.1) is 5.92 Å². The molecule has 1 aromatic carbocycles. The number of carboxylic acid groups (broad SMARTS) is 1. The van der Waals surface area contributed by atoms with Crippen molar-refractivity contribution in [1.82, 2.24) is 4.90 Å². The van der Waals surface area contributed by atoms with E-state index in [1.54, 1.807) is 18.2 Å². The minimum Gasteiger partial charge on any atom is -0.478 e. The summed E-state index contributed by atoms with van der Waals surface area (Å²) in [6.07, 6.45) is 2.52. The number of fused-ring (bicyclic) bond motifs is 3.